The highest BCUT2D eigenvalue weighted by Crippen LogP contribution is 2.45. The van der Waals surface area contributed by atoms with Crippen molar-refractivity contribution in [2.45, 2.75) is 31.7 Å². The summed E-state index contributed by atoms with van der Waals surface area (Å²) in [5.74, 6) is -0.668. The second-order valence-electron chi connectivity index (χ2n) is 3.72. The zero-order valence-electron chi connectivity index (χ0n) is 6.47. The number of aliphatic carboxylic acids is 1. The van der Waals surface area contributed by atoms with Crippen LogP contribution in [-0.2, 0) is 4.79 Å². The van der Waals surface area contributed by atoms with Crippen LogP contribution in [-0.4, -0.2) is 23.7 Å². The van der Waals surface area contributed by atoms with Gasteiger partial charge in [-0.25, -0.2) is 0 Å². The van der Waals surface area contributed by atoms with E-state index in [1.807, 2.05) is 0 Å². The zero-order valence-corrected chi connectivity index (χ0v) is 6.47. The molecule has 0 aromatic carbocycles. The van der Waals surface area contributed by atoms with E-state index in [1.165, 1.54) is 12.8 Å². The Balaban J connectivity index is 2.09. The normalized spacial score (nSPS) is 33.6. The maximum absolute atomic E-state index is 10.7. The highest BCUT2D eigenvalue weighted by atomic mass is 16.4. The molecular weight excluding hydrogens is 142 g/mol. The maximum Gasteiger partial charge on any atom is 0.321 e. The number of carboxylic acid groups (broad SMARTS) is 1. The molecule has 11 heavy (non-hydrogen) atoms. The third-order valence-electron chi connectivity index (χ3n) is 3.12. The summed E-state index contributed by atoms with van der Waals surface area (Å²) in [6.07, 6.45) is 4.64. The van der Waals surface area contributed by atoms with E-state index in [4.69, 9.17) is 5.11 Å². The fourth-order valence-corrected chi connectivity index (χ4v) is 2.39. The van der Waals surface area contributed by atoms with Crippen LogP contribution in [0, 0.1) is 5.41 Å². The van der Waals surface area contributed by atoms with E-state index in [1.54, 1.807) is 0 Å². The summed E-state index contributed by atoms with van der Waals surface area (Å²) < 4.78 is 0. The summed E-state index contributed by atoms with van der Waals surface area (Å²) in [5.41, 5.74) is 0.145. The molecule has 0 aromatic heterocycles. The second kappa shape index (κ2) is 2.21. The molecule has 2 rings (SSSR count). The van der Waals surface area contributed by atoms with Crippen molar-refractivity contribution in [2.24, 2.45) is 5.41 Å². The molecule has 1 saturated carbocycles. The van der Waals surface area contributed by atoms with Gasteiger partial charge in [0.25, 0.3) is 0 Å². The van der Waals surface area contributed by atoms with Crippen LogP contribution >= 0.6 is 0 Å². The molecule has 1 atom stereocenters. The molecule has 1 aliphatic carbocycles. The number of nitrogens with one attached hydrogen (secondary N) is 1. The highest BCUT2D eigenvalue weighted by Gasteiger charge is 2.51. The summed E-state index contributed by atoms with van der Waals surface area (Å²) in [7, 11) is 0. The Hall–Kier alpha value is -0.570. The van der Waals surface area contributed by atoms with Crippen LogP contribution in [0.3, 0.4) is 0 Å². The van der Waals surface area contributed by atoms with Crippen LogP contribution in [0.25, 0.3) is 0 Å². The number of rotatable bonds is 1. The van der Waals surface area contributed by atoms with Gasteiger partial charge in [-0.05, 0) is 12.8 Å². The SMILES string of the molecule is O=C(O)C1NCC12CCCC2. The third-order valence-corrected chi connectivity index (χ3v) is 3.12. The number of hydrogen-bond acceptors (Lipinski definition) is 2. The van der Waals surface area contributed by atoms with Gasteiger partial charge in [0, 0.05) is 12.0 Å². The molecule has 2 aliphatic rings. The molecule has 0 bridgehead atoms. The molecule has 2 fully saturated rings. The van der Waals surface area contributed by atoms with Crippen molar-refractivity contribution >= 4 is 5.97 Å². The van der Waals surface area contributed by atoms with Crippen molar-refractivity contribution in [3.05, 3.63) is 0 Å². The predicted molar refractivity (Wildman–Crippen MR) is 40.3 cm³/mol. The first kappa shape index (κ1) is 7.10. The lowest BCUT2D eigenvalue weighted by atomic mass is 9.72. The van der Waals surface area contributed by atoms with Gasteiger partial charge in [0.2, 0.25) is 0 Å². The smallest absolute Gasteiger partial charge is 0.321 e. The molecule has 2 N–H and O–H groups in total. The van der Waals surface area contributed by atoms with E-state index in [0.29, 0.717) is 0 Å². The summed E-state index contributed by atoms with van der Waals surface area (Å²) >= 11 is 0. The lowest BCUT2D eigenvalue weighted by Crippen LogP contribution is -2.64. The van der Waals surface area contributed by atoms with Crippen LogP contribution in [0.1, 0.15) is 25.7 Å². The molecule has 1 saturated heterocycles. The Morgan fingerprint density at radius 1 is 1.45 bits per heavy atom. The van der Waals surface area contributed by atoms with Crippen molar-refractivity contribution in [3.8, 4) is 0 Å². The van der Waals surface area contributed by atoms with E-state index in [0.717, 1.165) is 19.4 Å². The van der Waals surface area contributed by atoms with Gasteiger partial charge in [-0.2, -0.15) is 0 Å². The number of hydrogen-bond donors (Lipinski definition) is 2. The topological polar surface area (TPSA) is 49.3 Å². The van der Waals surface area contributed by atoms with Crippen LogP contribution in [0.2, 0.25) is 0 Å². The average Bonchev–Trinajstić information content (AvgIpc) is 2.31. The molecule has 1 heterocycles. The predicted octanol–water partition coefficient (Wildman–Crippen LogP) is 0.603. The quantitative estimate of drug-likeness (QED) is 0.583. The van der Waals surface area contributed by atoms with Crippen molar-refractivity contribution in [2.75, 3.05) is 6.54 Å². The van der Waals surface area contributed by atoms with Crippen molar-refractivity contribution < 1.29 is 9.90 Å². The third kappa shape index (κ3) is 0.872. The van der Waals surface area contributed by atoms with Crippen molar-refractivity contribution in [3.63, 3.8) is 0 Å². The van der Waals surface area contributed by atoms with Crippen LogP contribution in [0.4, 0.5) is 0 Å². The summed E-state index contributed by atoms with van der Waals surface area (Å²) in [6.45, 7) is 0.921. The van der Waals surface area contributed by atoms with Crippen LogP contribution in [0.5, 0.6) is 0 Å². The molecule has 0 radical (unpaired) electrons. The molecule has 3 nitrogen and oxygen atoms in total. The van der Waals surface area contributed by atoms with Gasteiger partial charge < -0.3 is 10.4 Å². The Morgan fingerprint density at radius 2 is 2.09 bits per heavy atom. The van der Waals surface area contributed by atoms with Gasteiger partial charge in [0.1, 0.15) is 6.04 Å². The first-order valence-electron chi connectivity index (χ1n) is 4.21. The maximum atomic E-state index is 10.7. The molecule has 0 aromatic rings. The molecular formula is C8H13NO2. The van der Waals surface area contributed by atoms with E-state index in [-0.39, 0.29) is 11.5 Å². The van der Waals surface area contributed by atoms with Crippen molar-refractivity contribution in [1.29, 1.82) is 0 Å². The van der Waals surface area contributed by atoms with E-state index >= 15 is 0 Å². The van der Waals surface area contributed by atoms with E-state index < -0.39 is 5.97 Å². The standard InChI is InChI=1S/C8H13NO2/c10-7(11)6-8(5-9-6)3-1-2-4-8/h6,9H,1-5H2,(H,10,11). The van der Waals surface area contributed by atoms with Gasteiger partial charge in [-0.15, -0.1) is 0 Å². The Bertz CT molecular complexity index is 185. The first-order valence-corrected chi connectivity index (χ1v) is 4.21. The minimum absolute atomic E-state index is 0.145. The van der Waals surface area contributed by atoms with Gasteiger partial charge in [-0.1, -0.05) is 12.8 Å². The van der Waals surface area contributed by atoms with Crippen LogP contribution in [0.15, 0.2) is 0 Å². The first-order chi connectivity index (χ1) is 5.25. The summed E-state index contributed by atoms with van der Waals surface area (Å²) in [4.78, 5) is 10.7. The second-order valence-corrected chi connectivity index (χ2v) is 3.72. The summed E-state index contributed by atoms with van der Waals surface area (Å²) in [6, 6.07) is -0.245. The zero-order chi connectivity index (χ0) is 7.90. The molecule has 3 heteroatoms. The molecule has 1 aliphatic heterocycles. The van der Waals surface area contributed by atoms with E-state index in [2.05, 4.69) is 5.32 Å². The Morgan fingerprint density at radius 3 is 2.45 bits per heavy atom. The van der Waals surface area contributed by atoms with Crippen molar-refractivity contribution in [1.82, 2.24) is 5.32 Å². The fraction of sp³-hybridized carbons (Fsp3) is 0.875. The van der Waals surface area contributed by atoms with E-state index in [9.17, 15) is 4.79 Å². The van der Waals surface area contributed by atoms with Crippen LogP contribution < -0.4 is 5.32 Å². The minimum atomic E-state index is -0.668. The lowest BCUT2D eigenvalue weighted by Gasteiger charge is -2.45. The largest absolute Gasteiger partial charge is 0.480 e. The Labute approximate surface area is 65.8 Å². The van der Waals surface area contributed by atoms with Gasteiger partial charge >= 0.3 is 5.97 Å². The Kier molecular flexibility index (Phi) is 1.42. The van der Waals surface area contributed by atoms with Gasteiger partial charge in [-0.3, -0.25) is 4.79 Å². The summed E-state index contributed by atoms with van der Waals surface area (Å²) in [5, 5.41) is 11.8. The number of carboxylic acids is 1. The lowest BCUT2D eigenvalue weighted by molar-refractivity contribution is -0.147. The number of carbonyl (C=O) groups is 1. The monoisotopic (exact) mass is 155 g/mol. The minimum Gasteiger partial charge on any atom is -0.480 e. The fourth-order valence-electron chi connectivity index (χ4n) is 2.39. The van der Waals surface area contributed by atoms with Gasteiger partial charge in [0.15, 0.2) is 0 Å². The molecule has 1 unspecified atom stereocenters. The molecule has 62 valence electrons. The molecule has 1 spiro atoms. The highest BCUT2D eigenvalue weighted by molar-refractivity contribution is 5.76. The average molecular weight is 155 g/mol. The van der Waals surface area contributed by atoms with Gasteiger partial charge in [0.05, 0.1) is 0 Å². The molecule has 0 amide bonds.